The van der Waals surface area contributed by atoms with Gasteiger partial charge in [0.1, 0.15) is 0 Å². The number of rotatable bonds is 10. The third-order valence-corrected chi connectivity index (χ3v) is 7.36. The predicted octanol–water partition coefficient (Wildman–Crippen LogP) is 9.03. The topological polar surface area (TPSA) is 28.3 Å². The van der Waals surface area contributed by atoms with Gasteiger partial charge in [-0.15, -0.1) is 35.4 Å². The van der Waals surface area contributed by atoms with Crippen LogP contribution in [-0.2, 0) is 57.1 Å². The molecular weight excluding hydrogens is 664 g/mol. The van der Waals surface area contributed by atoms with Gasteiger partial charge in [0, 0.05) is 86.2 Å². The maximum absolute atomic E-state index is 13.6. The standard InChI is InChI=1S/2C15H16F2NO.2C5H5.Ti/c2*1-11-3-6-14(7-8-19-2)18(11)10-12-4-5-13(16)9-15(12)17;2*1-2-4-5-3-1;/h2*3-6H,7-8,10H2,1-2H3;2*1-5H;/q4*-1;+4. The molecule has 0 saturated heterocycles. The summed E-state index contributed by atoms with van der Waals surface area (Å²) in [7, 11) is 3.30. The van der Waals surface area contributed by atoms with Crippen molar-refractivity contribution in [2.45, 2.75) is 39.8 Å². The third-order valence-electron chi connectivity index (χ3n) is 7.36. The Morgan fingerprint density at radius 2 is 0.939 bits per heavy atom. The normalized spacial score (nSPS) is 10.1. The van der Waals surface area contributed by atoms with Gasteiger partial charge < -0.3 is 18.6 Å². The molecule has 0 aliphatic carbocycles. The van der Waals surface area contributed by atoms with Crippen molar-refractivity contribution in [1.82, 2.24) is 9.13 Å². The maximum Gasteiger partial charge on any atom is 4.00 e. The Morgan fingerprint density at radius 1 is 0.571 bits per heavy atom. The number of nitrogens with zero attached hydrogens (tertiary/aromatic N) is 2. The number of halogens is 4. The average Bonchev–Trinajstić information content (AvgIpc) is 3.91. The first-order valence-electron chi connectivity index (χ1n) is 15.6. The zero-order valence-electron chi connectivity index (χ0n) is 28.4. The molecule has 0 atom stereocenters. The van der Waals surface area contributed by atoms with Crippen molar-refractivity contribution in [1.29, 1.82) is 0 Å². The first-order valence-corrected chi connectivity index (χ1v) is 15.6. The summed E-state index contributed by atoms with van der Waals surface area (Å²) in [5.74, 6) is -2.62. The molecule has 9 heteroatoms. The molecule has 4 aromatic carbocycles. The zero-order valence-corrected chi connectivity index (χ0v) is 29.9. The minimum atomic E-state index is -0.676. The Hall–Kier alpha value is -3.95. The van der Waals surface area contributed by atoms with Crippen molar-refractivity contribution < 1.29 is 48.8 Å². The molecule has 49 heavy (non-hydrogen) atoms. The number of hydrogen-bond donors (Lipinski definition) is 0. The second-order valence-electron chi connectivity index (χ2n) is 10.8. The second kappa shape index (κ2) is 22.6. The van der Waals surface area contributed by atoms with E-state index in [0.717, 1.165) is 35.6 Å². The van der Waals surface area contributed by atoms with Gasteiger partial charge in [-0.1, -0.05) is 0 Å². The van der Waals surface area contributed by atoms with Crippen LogP contribution in [-0.4, -0.2) is 36.6 Å². The Bertz CT molecular complexity index is 1560. The molecule has 0 aliphatic heterocycles. The first-order chi connectivity index (χ1) is 23.2. The monoisotopic (exact) mass is 706 g/mol. The summed E-state index contributed by atoms with van der Waals surface area (Å²) >= 11 is 0. The fourth-order valence-corrected chi connectivity index (χ4v) is 4.72. The van der Waals surface area contributed by atoms with E-state index in [2.05, 4.69) is 12.1 Å². The minimum absolute atomic E-state index is 0. The largest absolute Gasteiger partial charge is 4.00 e. The summed E-state index contributed by atoms with van der Waals surface area (Å²) in [5.41, 5.74) is 5.08. The van der Waals surface area contributed by atoms with Crippen molar-refractivity contribution >= 4 is 0 Å². The van der Waals surface area contributed by atoms with Crippen LogP contribution in [0.3, 0.4) is 0 Å². The summed E-state index contributed by atoms with van der Waals surface area (Å²) in [4.78, 5) is 0. The van der Waals surface area contributed by atoms with Gasteiger partial charge in [-0.05, 0) is 38.1 Å². The van der Waals surface area contributed by atoms with Crippen LogP contribution in [0, 0.1) is 49.2 Å². The Balaban J connectivity index is 0.000000260. The number of methoxy groups -OCH3 is 2. The summed E-state index contributed by atoms with van der Waals surface area (Å²) in [6.45, 7) is 5.90. The Morgan fingerprint density at radius 3 is 1.22 bits per heavy atom. The average molecular weight is 707 g/mol. The molecule has 2 heterocycles. The van der Waals surface area contributed by atoms with Crippen molar-refractivity contribution in [2.75, 3.05) is 27.4 Å². The van der Waals surface area contributed by atoms with Crippen LogP contribution in [0.1, 0.15) is 33.9 Å². The first kappa shape index (κ1) is 41.2. The quantitative estimate of drug-likeness (QED) is 0.0809. The van der Waals surface area contributed by atoms with Gasteiger partial charge >= 0.3 is 21.7 Å². The van der Waals surface area contributed by atoms with E-state index in [-0.39, 0.29) is 21.7 Å². The van der Waals surface area contributed by atoms with E-state index in [1.165, 1.54) is 24.3 Å². The smallest absolute Gasteiger partial charge is 0.384 e. The fourth-order valence-electron chi connectivity index (χ4n) is 4.72. The van der Waals surface area contributed by atoms with E-state index < -0.39 is 23.3 Å². The molecule has 6 rings (SSSR count). The molecule has 0 spiro atoms. The summed E-state index contributed by atoms with van der Waals surface area (Å²) < 4.78 is 67.0. The van der Waals surface area contributed by atoms with E-state index in [0.29, 0.717) is 37.4 Å². The zero-order chi connectivity index (χ0) is 34.7. The van der Waals surface area contributed by atoms with E-state index in [1.54, 1.807) is 14.2 Å². The molecule has 6 aromatic rings. The molecule has 2 aromatic heterocycles. The van der Waals surface area contributed by atoms with Crippen LogP contribution in [0.25, 0.3) is 0 Å². The van der Waals surface area contributed by atoms with Crippen LogP contribution in [0.15, 0.2) is 109 Å². The SMILES string of the molecule is COCCc1ccc(C)n1Cc1ccc(F)[c-]c1F.COCCc1ccc(C)n1Cc1ccc(F)[c-]c1F.[Ti+4].c1cc[cH-]c1.c1cc[cH-]c1. The summed E-state index contributed by atoms with van der Waals surface area (Å²) in [6, 6.07) is 37.5. The molecule has 0 bridgehead atoms. The molecule has 0 radical (unpaired) electrons. The summed E-state index contributed by atoms with van der Waals surface area (Å²) in [5, 5.41) is 0. The molecule has 0 unspecified atom stereocenters. The van der Waals surface area contributed by atoms with E-state index in [4.69, 9.17) is 9.47 Å². The van der Waals surface area contributed by atoms with Crippen LogP contribution < -0.4 is 0 Å². The van der Waals surface area contributed by atoms with Crippen LogP contribution in [0.4, 0.5) is 17.6 Å². The number of aromatic nitrogens is 2. The van der Waals surface area contributed by atoms with Crippen LogP contribution in [0.5, 0.6) is 0 Å². The number of aryl methyl sites for hydroxylation is 2. The van der Waals surface area contributed by atoms with E-state index >= 15 is 0 Å². The molecule has 0 N–H and O–H groups in total. The molecule has 0 amide bonds. The van der Waals surface area contributed by atoms with Crippen molar-refractivity contribution in [3.8, 4) is 0 Å². The molecule has 0 saturated carbocycles. The number of hydrogen-bond acceptors (Lipinski definition) is 2. The molecule has 0 aliphatic rings. The van der Waals surface area contributed by atoms with Crippen molar-refractivity contribution in [3.05, 3.63) is 178 Å². The van der Waals surface area contributed by atoms with Crippen molar-refractivity contribution in [2.24, 2.45) is 0 Å². The molecule has 0 fully saturated rings. The predicted molar refractivity (Wildman–Crippen MR) is 182 cm³/mol. The van der Waals surface area contributed by atoms with Gasteiger partial charge in [0.25, 0.3) is 0 Å². The number of benzene rings is 2. The van der Waals surface area contributed by atoms with Crippen LogP contribution in [0.2, 0.25) is 0 Å². The number of ether oxygens (including phenoxy) is 2. The van der Waals surface area contributed by atoms with Gasteiger partial charge in [-0.3, -0.25) is 0 Å². The fraction of sp³-hybridized carbons (Fsp3) is 0.250. The maximum atomic E-state index is 13.6. The summed E-state index contributed by atoms with van der Waals surface area (Å²) in [6.07, 6.45) is 1.52. The molecule has 4 nitrogen and oxygen atoms in total. The van der Waals surface area contributed by atoms with Gasteiger partial charge in [0.2, 0.25) is 0 Å². The molecular formula is C40H42F4N2O2Ti. The Labute approximate surface area is 302 Å². The van der Waals surface area contributed by atoms with Gasteiger partial charge in [-0.25, -0.2) is 41.8 Å². The Kier molecular flexibility index (Phi) is 19.1. The van der Waals surface area contributed by atoms with Gasteiger partial charge in [0.15, 0.2) is 0 Å². The molecule has 256 valence electrons. The third kappa shape index (κ3) is 14.2. The van der Waals surface area contributed by atoms with Crippen molar-refractivity contribution in [3.63, 3.8) is 0 Å². The van der Waals surface area contributed by atoms with Crippen LogP contribution >= 0.6 is 0 Å². The minimum Gasteiger partial charge on any atom is -0.384 e. The second-order valence-corrected chi connectivity index (χ2v) is 10.8. The van der Waals surface area contributed by atoms with Gasteiger partial charge in [-0.2, -0.15) is 48.5 Å². The van der Waals surface area contributed by atoms with E-state index in [1.807, 2.05) is 108 Å². The van der Waals surface area contributed by atoms with E-state index in [9.17, 15) is 17.6 Å². The van der Waals surface area contributed by atoms with Gasteiger partial charge in [0.05, 0.1) is 13.2 Å².